The van der Waals surface area contributed by atoms with Crippen molar-refractivity contribution in [2.24, 2.45) is 0 Å². The summed E-state index contributed by atoms with van der Waals surface area (Å²) in [5, 5.41) is 2.54. The van der Waals surface area contributed by atoms with Crippen molar-refractivity contribution in [1.29, 1.82) is 0 Å². The molecule has 1 unspecified atom stereocenters. The highest BCUT2D eigenvalue weighted by molar-refractivity contribution is 7.64. The van der Waals surface area contributed by atoms with E-state index >= 15 is 0 Å². The van der Waals surface area contributed by atoms with Gasteiger partial charge in [0, 0.05) is 21.5 Å². The molecule has 0 spiro atoms. The molecule has 0 fully saturated rings. The van der Waals surface area contributed by atoms with Gasteiger partial charge >= 0.3 is 6.09 Å². The van der Waals surface area contributed by atoms with Crippen LogP contribution in [0.2, 0.25) is 0 Å². The molecule has 0 aliphatic heterocycles. The molecule has 1 heterocycles. The van der Waals surface area contributed by atoms with Gasteiger partial charge in [0.15, 0.2) is 5.52 Å². The van der Waals surface area contributed by atoms with Crippen LogP contribution in [0.1, 0.15) is 18.4 Å². The van der Waals surface area contributed by atoms with E-state index in [1.54, 1.807) is 6.08 Å². The van der Waals surface area contributed by atoms with E-state index < -0.39 is 6.09 Å². The molecule has 0 bridgehead atoms. The van der Waals surface area contributed by atoms with Gasteiger partial charge in [-0.2, -0.15) is 0 Å². The van der Waals surface area contributed by atoms with Gasteiger partial charge in [-0.25, -0.2) is 9.78 Å². The molecule has 2 aromatic rings. The van der Waals surface area contributed by atoms with E-state index in [1.165, 1.54) is 7.11 Å². The zero-order valence-corrected chi connectivity index (χ0v) is 13.3. The van der Waals surface area contributed by atoms with E-state index in [1.807, 2.05) is 18.2 Å². The first kappa shape index (κ1) is 16.2. The van der Waals surface area contributed by atoms with Crippen LogP contribution in [-0.2, 0) is 9.53 Å². The van der Waals surface area contributed by atoms with Gasteiger partial charge in [0.1, 0.15) is 5.57 Å². The average Bonchev–Trinajstić information content (AvgIpc) is 2.92. The van der Waals surface area contributed by atoms with E-state index in [9.17, 15) is 9.59 Å². The number of H-pyrrole nitrogens is 1. The standard InChI is InChI=1S/C15H18N3O3P/c1-3-10-6-7-11-12(9-10)18-14(17-11)22-13(19)5-4-8-16-15(20)21-2/h3,6-7,9,22H,1,4-5,8H2,2H3,(H,16,20)(H,17,18). The number of aromatic amines is 1. The smallest absolute Gasteiger partial charge is 0.406 e. The minimum atomic E-state index is -0.481. The Balaban J connectivity index is 1.86. The summed E-state index contributed by atoms with van der Waals surface area (Å²) in [5.74, 6) is 0. The molecule has 2 N–H and O–H groups in total. The fraction of sp³-hybridized carbons (Fsp3) is 0.267. The van der Waals surface area contributed by atoms with Crippen molar-refractivity contribution in [3.8, 4) is 0 Å². The van der Waals surface area contributed by atoms with Gasteiger partial charge in [-0.05, 0) is 24.1 Å². The summed E-state index contributed by atoms with van der Waals surface area (Å²) in [5.41, 5.74) is 3.54. The third-order valence-corrected chi connectivity index (χ3v) is 4.04. The van der Waals surface area contributed by atoms with Crippen molar-refractivity contribution in [2.75, 3.05) is 13.7 Å². The number of carbonyl (C=O) groups is 2. The molecular weight excluding hydrogens is 301 g/mol. The Hall–Kier alpha value is -2.20. The number of nitrogens with zero attached hydrogens (tertiary/aromatic N) is 1. The number of hydrogen-bond acceptors (Lipinski definition) is 4. The summed E-state index contributed by atoms with van der Waals surface area (Å²) in [4.78, 5) is 30.4. The van der Waals surface area contributed by atoms with Gasteiger partial charge in [-0.15, -0.1) is 0 Å². The second kappa shape index (κ2) is 7.71. The molecule has 2 rings (SSSR count). The number of methoxy groups -OCH3 is 1. The molecule has 116 valence electrons. The van der Waals surface area contributed by atoms with Crippen molar-refractivity contribution >= 4 is 42.9 Å². The maximum atomic E-state index is 11.9. The molecular formula is C15H18N3O3P. The lowest BCUT2D eigenvalue weighted by atomic mass is 10.2. The van der Waals surface area contributed by atoms with Crippen LogP contribution in [0.15, 0.2) is 24.8 Å². The van der Waals surface area contributed by atoms with Crippen molar-refractivity contribution in [2.45, 2.75) is 12.8 Å². The van der Waals surface area contributed by atoms with E-state index in [0.717, 1.165) is 16.6 Å². The molecule has 22 heavy (non-hydrogen) atoms. The van der Waals surface area contributed by atoms with Gasteiger partial charge in [0.2, 0.25) is 0 Å². The average molecular weight is 319 g/mol. The fourth-order valence-corrected chi connectivity index (χ4v) is 2.86. The Morgan fingerprint density at radius 1 is 1.50 bits per heavy atom. The number of hydrogen-bond donors (Lipinski definition) is 2. The van der Waals surface area contributed by atoms with Crippen molar-refractivity contribution < 1.29 is 14.3 Å². The molecule has 6 nitrogen and oxygen atoms in total. The molecule has 0 radical (unpaired) electrons. The zero-order valence-electron chi connectivity index (χ0n) is 12.3. The Bertz CT molecular complexity index is 696. The maximum Gasteiger partial charge on any atom is 0.406 e. The molecule has 0 aliphatic carbocycles. The summed E-state index contributed by atoms with van der Waals surface area (Å²) in [6, 6.07) is 5.79. The lowest BCUT2D eigenvalue weighted by Gasteiger charge is -2.02. The highest BCUT2D eigenvalue weighted by atomic mass is 31.1. The lowest BCUT2D eigenvalue weighted by Crippen LogP contribution is -2.24. The van der Waals surface area contributed by atoms with Crippen LogP contribution < -0.4 is 10.9 Å². The number of nitrogens with one attached hydrogen (secondary N) is 2. The minimum absolute atomic E-state index is 0.0103. The number of carbonyl (C=O) groups excluding carboxylic acids is 2. The van der Waals surface area contributed by atoms with E-state index in [-0.39, 0.29) is 14.1 Å². The highest BCUT2D eigenvalue weighted by Crippen LogP contribution is 2.18. The van der Waals surface area contributed by atoms with Crippen LogP contribution in [0.3, 0.4) is 0 Å². The molecule has 7 heteroatoms. The van der Waals surface area contributed by atoms with Gasteiger partial charge in [0.05, 0.1) is 18.1 Å². The summed E-state index contributed by atoms with van der Waals surface area (Å²) >= 11 is 0. The number of ether oxygens (including phenoxy) is 1. The predicted octanol–water partition coefficient (Wildman–Crippen LogP) is 2.17. The first-order valence-electron chi connectivity index (χ1n) is 6.86. The van der Waals surface area contributed by atoms with Gasteiger partial charge in [-0.1, -0.05) is 18.7 Å². The third-order valence-electron chi connectivity index (χ3n) is 3.03. The molecule has 0 saturated carbocycles. The molecule has 1 aromatic carbocycles. The number of amides is 1. The quantitative estimate of drug-likeness (QED) is 0.605. The van der Waals surface area contributed by atoms with Crippen LogP contribution in [-0.4, -0.2) is 35.2 Å². The lowest BCUT2D eigenvalue weighted by molar-refractivity contribution is -0.111. The fourth-order valence-electron chi connectivity index (χ4n) is 1.92. The number of benzene rings is 1. The highest BCUT2D eigenvalue weighted by Gasteiger charge is 2.09. The zero-order chi connectivity index (χ0) is 15.9. The Morgan fingerprint density at radius 3 is 3.05 bits per heavy atom. The van der Waals surface area contributed by atoms with Crippen LogP contribution in [0.4, 0.5) is 4.79 Å². The SMILES string of the molecule is C=Cc1ccc2nc(PC(=O)CCCNC(=O)OC)[nH]c2c1. The second-order valence-corrected chi connectivity index (χ2v) is 5.92. The van der Waals surface area contributed by atoms with Gasteiger partial charge < -0.3 is 15.0 Å². The topological polar surface area (TPSA) is 84.1 Å². The number of alkyl carbamates (subject to hydrolysis) is 1. The number of imidazole rings is 1. The van der Waals surface area contributed by atoms with Crippen molar-refractivity contribution in [3.05, 3.63) is 30.3 Å². The van der Waals surface area contributed by atoms with E-state index in [0.29, 0.717) is 25.0 Å². The normalized spacial score (nSPS) is 11.0. The van der Waals surface area contributed by atoms with E-state index in [2.05, 4.69) is 26.6 Å². The van der Waals surface area contributed by atoms with Crippen molar-refractivity contribution in [3.63, 3.8) is 0 Å². The summed E-state index contributed by atoms with van der Waals surface area (Å²) in [6.45, 7) is 4.15. The molecule has 1 atom stereocenters. The predicted molar refractivity (Wildman–Crippen MR) is 88.8 cm³/mol. The molecule has 1 amide bonds. The van der Waals surface area contributed by atoms with Crippen LogP contribution in [0, 0.1) is 0 Å². The Labute approximate surface area is 130 Å². The van der Waals surface area contributed by atoms with Crippen molar-refractivity contribution in [1.82, 2.24) is 15.3 Å². The first-order valence-corrected chi connectivity index (χ1v) is 7.86. The minimum Gasteiger partial charge on any atom is -0.453 e. The summed E-state index contributed by atoms with van der Waals surface area (Å²) in [6.07, 6.45) is 2.27. The molecule has 0 aliphatic rings. The number of aromatic nitrogens is 2. The maximum absolute atomic E-state index is 11.9. The van der Waals surface area contributed by atoms with Gasteiger partial charge in [0.25, 0.3) is 0 Å². The van der Waals surface area contributed by atoms with E-state index in [4.69, 9.17) is 0 Å². The summed E-state index contributed by atoms with van der Waals surface area (Å²) in [7, 11) is 1.30. The first-order chi connectivity index (χ1) is 10.6. The van der Waals surface area contributed by atoms with Gasteiger partial charge in [-0.3, -0.25) is 4.79 Å². The summed E-state index contributed by atoms with van der Waals surface area (Å²) < 4.78 is 4.45. The Morgan fingerprint density at radius 2 is 2.32 bits per heavy atom. The van der Waals surface area contributed by atoms with Crippen LogP contribution >= 0.6 is 8.58 Å². The third kappa shape index (κ3) is 4.40. The molecule has 0 saturated heterocycles. The molecule has 1 aromatic heterocycles. The monoisotopic (exact) mass is 319 g/mol. The largest absolute Gasteiger partial charge is 0.453 e. The second-order valence-electron chi connectivity index (χ2n) is 4.64. The number of rotatable bonds is 7. The van der Waals surface area contributed by atoms with Crippen LogP contribution in [0.5, 0.6) is 0 Å². The Kier molecular flexibility index (Phi) is 5.67. The van der Waals surface area contributed by atoms with Crippen LogP contribution in [0.25, 0.3) is 17.1 Å². The number of fused-ring (bicyclic) bond motifs is 1.